The van der Waals surface area contributed by atoms with Crippen LogP contribution in [0.15, 0.2) is 0 Å². The van der Waals surface area contributed by atoms with Crippen LogP contribution in [0.25, 0.3) is 0 Å². The molecule has 0 aliphatic carbocycles. The van der Waals surface area contributed by atoms with Crippen LogP contribution >= 0.6 is 0 Å². The van der Waals surface area contributed by atoms with Crippen LogP contribution < -0.4 is 4.91 Å². The summed E-state index contributed by atoms with van der Waals surface area (Å²) < 4.78 is 0. The van der Waals surface area contributed by atoms with Crippen LogP contribution in [0.1, 0.15) is 0 Å². The molecule has 21 valence electrons. The maximum Gasteiger partial charge on any atom is 0.211 e. The molecule has 4 heteroatoms. The molecule has 0 atom stereocenters. The summed E-state index contributed by atoms with van der Waals surface area (Å²) in [6.45, 7) is 0. The molecule has 0 fully saturated rings. The van der Waals surface area contributed by atoms with Gasteiger partial charge in [-0.25, -0.2) is 0 Å². The first-order valence-electron chi connectivity index (χ1n) is 0.447. The van der Waals surface area contributed by atoms with E-state index in [1.807, 2.05) is 4.91 Å². The van der Waals surface area contributed by atoms with E-state index in [1.165, 1.54) is 0 Å². The Morgan fingerprint density at radius 3 is 1.25 bits per heavy atom. The minimum atomic E-state index is 0. The molecule has 0 heterocycles. The van der Waals surface area contributed by atoms with Gasteiger partial charge in [-0.15, -0.1) is 0 Å². The van der Waals surface area contributed by atoms with E-state index in [0.717, 1.165) is 0 Å². The summed E-state index contributed by atoms with van der Waals surface area (Å²) in [5.41, 5.74) is 11.0. The summed E-state index contributed by atoms with van der Waals surface area (Å²) in [6, 6.07) is 0. The van der Waals surface area contributed by atoms with Crippen molar-refractivity contribution in [2.45, 2.75) is 0 Å². The van der Waals surface area contributed by atoms with Crippen LogP contribution in [-0.2, 0) is 22.4 Å². The summed E-state index contributed by atoms with van der Waals surface area (Å²) in [5, 5.41) is 0. The molecule has 2 N–H and O–H groups in total. The van der Waals surface area contributed by atoms with Gasteiger partial charge in [0.25, 0.3) is 0 Å². The molecule has 4 heavy (non-hydrogen) atoms. The monoisotopic (exact) mass is 137 g/mol. The average Bonchev–Trinajstić information content (AvgIpc) is 0.918. The van der Waals surface area contributed by atoms with Crippen molar-refractivity contribution < 1.29 is 22.4 Å². The minimum Gasteiger partial charge on any atom is 0 e. The van der Waals surface area contributed by atoms with Crippen LogP contribution in [0.5, 0.6) is 0 Å². The summed E-state index contributed by atoms with van der Waals surface area (Å²) in [5.74, 6) is 0. The summed E-state index contributed by atoms with van der Waals surface area (Å²) in [4.78, 5) is 2.00. The Hall–Kier alpha value is 0.0503. The molecule has 0 bridgehead atoms. The van der Waals surface area contributed by atoms with Gasteiger partial charge in [-0.05, 0) is 0 Å². The van der Waals surface area contributed by atoms with Crippen molar-refractivity contribution in [3.05, 3.63) is 0 Å². The van der Waals surface area contributed by atoms with Crippen molar-refractivity contribution >= 4 is 0 Å². The Bertz CT molecular complexity index is 24.3. The number of nitrogens with zero attached hydrogens (tertiary/aromatic N) is 1. The fraction of sp³-hybridized carbons (Fsp3) is 0. The van der Waals surface area contributed by atoms with Gasteiger partial charge in [0.15, 0.2) is 0 Å². The van der Waals surface area contributed by atoms with E-state index in [1.54, 1.807) is 0 Å². The molecule has 1 radical (unpaired) electrons. The van der Waals surface area contributed by atoms with Gasteiger partial charge in [0, 0.05) is 22.4 Å². The van der Waals surface area contributed by atoms with Crippen LogP contribution in [0.3, 0.4) is 0 Å². The standard InChI is InChI=1S/H2N3.Nb/c1-3-2;/h1-2H;/q+1;. The SMILES string of the molecule is N=[N+]=N.[Nb]. The van der Waals surface area contributed by atoms with Crippen LogP contribution in [0, 0.1) is 11.1 Å². The molecule has 3 nitrogen and oxygen atoms in total. The smallest absolute Gasteiger partial charge is 0 e. The predicted molar refractivity (Wildman–Crippen MR) is 7.57 cm³/mol. The average molecular weight is 137 g/mol. The van der Waals surface area contributed by atoms with Crippen LogP contribution in [-0.4, -0.2) is 0 Å². The molecule has 0 aliphatic heterocycles. The van der Waals surface area contributed by atoms with E-state index in [0.29, 0.717) is 0 Å². The van der Waals surface area contributed by atoms with Crippen molar-refractivity contribution in [1.29, 1.82) is 11.1 Å². The van der Waals surface area contributed by atoms with Gasteiger partial charge in [-0.2, -0.15) is 0 Å². The molecular formula is H2N3Nb+. The number of nitrogens with one attached hydrogen (secondary N) is 2. The van der Waals surface area contributed by atoms with Crippen molar-refractivity contribution in [1.82, 2.24) is 4.91 Å². The summed E-state index contributed by atoms with van der Waals surface area (Å²) >= 11 is 0. The second kappa shape index (κ2) is 11.6. The zero-order chi connectivity index (χ0) is 2.71. The normalized spacial score (nSPS) is 2.00. The molecule has 0 spiro atoms. The second-order valence-electron chi connectivity index (χ2n) is 0.112. The van der Waals surface area contributed by atoms with E-state index in [4.69, 9.17) is 11.1 Å². The van der Waals surface area contributed by atoms with Gasteiger partial charge < -0.3 is 0 Å². The van der Waals surface area contributed by atoms with Gasteiger partial charge in [-0.1, -0.05) is 0 Å². The number of rotatable bonds is 0. The Labute approximate surface area is 38.9 Å². The third-order valence-corrected chi connectivity index (χ3v) is 0. The first-order valence-corrected chi connectivity index (χ1v) is 0.447. The van der Waals surface area contributed by atoms with Crippen molar-refractivity contribution in [3.8, 4) is 0 Å². The number of hydrogen-bond acceptors (Lipinski definition) is 2. The van der Waals surface area contributed by atoms with Gasteiger partial charge >= 0.3 is 0 Å². The largest absolute Gasteiger partial charge is 0.211 e. The van der Waals surface area contributed by atoms with E-state index >= 15 is 0 Å². The molecular weight excluding hydrogens is 135 g/mol. The fourth-order valence-electron chi connectivity index (χ4n) is 0. The van der Waals surface area contributed by atoms with E-state index in [-0.39, 0.29) is 22.4 Å². The van der Waals surface area contributed by atoms with E-state index in [2.05, 4.69) is 0 Å². The van der Waals surface area contributed by atoms with Gasteiger partial charge in [0.05, 0.1) is 0 Å². The van der Waals surface area contributed by atoms with E-state index < -0.39 is 0 Å². The van der Waals surface area contributed by atoms with Crippen LogP contribution in [0.2, 0.25) is 0 Å². The van der Waals surface area contributed by atoms with E-state index in [9.17, 15) is 0 Å². The van der Waals surface area contributed by atoms with Crippen molar-refractivity contribution in [3.63, 3.8) is 0 Å². The van der Waals surface area contributed by atoms with Gasteiger partial charge in [0.1, 0.15) is 11.1 Å². The fourth-order valence-corrected chi connectivity index (χ4v) is 0. The molecule has 0 aromatic carbocycles. The third-order valence-electron chi connectivity index (χ3n) is 0. The molecule has 0 amide bonds. The molecule has 0 aliphatic rings. The second-order valence-corrected chi connectivity index (χ2v) is 0.112. The van der Waals surface area contributed by atoms with Gasteiger partial charge in [0.2, 0.25) is 4.91 Å². The Kier molecular flexibility index (Phi) is 26.1. The zero-order valence-electron chi connectivity index (χ0n) is 1.89. The van der Waals surface area contributed by atoms with Gasteiger partial charge in [-0.3, -0.25) is 0 Å². The zero-order valence-corrected chi connectivity index (χ0v) is 4.09. The molecule has 0 saturated carbocycles. The maximum absolute atomic E-state index is 5.50. The minimum absolute atomic E-state index is 0. The Morgan fingerprint density at radius 2 is 1.25 bits per heavy atom. The topological polar surface area (TPSA) is 61.8 Å². The van der Waals surface area contributed by atoms with Crippen molar-refractivity contribution in [2.75, 3.05) is 0 Å². The first kappa shape index (κ1) is 8.96. The first-order chi connectivity index (χ1) is 1.41. The summed E-state index contributed by atoms with van der Waals surface area (Å²) in [6.07, 6.45) is 0. The van der Waals surface area contributed by atoms with Crippen molar-refractivity contribution in [2.24, 2.45) is 0 Å². The quantitative estimate of drug-likeness (QED) is 0.270. The van der Waals surface area contributed by atoms with Crippen LogP contribution in [0.4, 0.5) is 0 Å². The molecule has 0 rings (SSSR count). The molecule has 0 aromatic heterocycles. The number of hydrogen-bond donors (Lipinski definition) is 2. The molecule has 0 saturated heterocycles. The predicted octanol–water partition coefficient (Wildman–Crippen LogP) is 0.113. The Morgan fingerprint density at radius 1 is 1.25 bits per heavy atom. The maximum atomic E-state index is 5.50. The summed E-state index contributed by atoms with van der Waals surface area (Å²) in [7, 11) is 0. The third kappa shape index (κ3) is 895. The Balaban J connectivity index is 0. The molecule has 0 aromatic rings. The molecule has 0 unspecified atom stereocenters.